The van der Waals surface area contributed by atoms with Crippen molar-refractivity contribution >= 4 is 106 Å². The van der Waals surface area contributed by atoms with Gasteiger partial charge in [0.2, 0.25) is 47.3 Å². The predicted octanol–water partition coefficient (Wildman–Crippen LogP) is -11.2. The number of likely N-dealkylation sites (N-methyl/N-ethyl adjacent to an activating group) is 2. The monoisotopic (exact) mass is 1340 g/mol. The Balaban J connectivity index is 0. The molecule has 1 aliphatic heterocycles. The summed E-state index contributed by atoms with van der Waals surface area (Å²) in [6.07, 6.45) is -0.526. The van der Waals surface area contributed by atoms with Crippen LogP contribution < -0.4 is 75.8 Å². The van der Waals surface area contributed by atoms with E-state index in [1.54, 1.807) is 20.8 Å². The van der Waals surface area contributed by atoms with E-state index < -0.39 is 132 Å². The molecule has 532 valence electrons. The van der Waals surface area contributed by atoms with E-state index in [1.165, 1.54) is 9.80 Å². The van der Waals surface area contributed by atoms with Crippen LogP contribution in [0.3, 0.4) is 0 Å². The number of amidine groups is 1. The van der Waals surface area contributed by atoms with Crippen molar-refractivity contribution in [1.82, 2.24) is 41.0 Å². The number of imide groups is 1. The molecule has 0 aliphatic carbocycles. The number of nitrogens with one attached hydrogen (secondary N) is 7. The molecule has 0 bridgehead atoms. The lowest BCUT2D eigenvalue weighted by atomic mass is 10.0. The number of guanidine groups is 1. The number of carbonyl (C=O) groups excluding carboxylic acids is 15. The molecular weight excluding hydrogens is 1250 g/mol. The molecular formula is C56H97N17O21. The molecule has 0 saturated carbocycles. The number of ketones is 1. The summed E-state index contributed by atoms with van der Waals surface area (Å²) in [5.41, 5.74) is 31.0. The zero-order valence-corrected chi connectivity index (χ0v) is 54.6. The van der Waals surface area contributed by atoms with E-state index in [-0.39, 0.29) is 120 Å². The van der Waals surface area contributed by atoms with Crippen LogP contribution in [-0.2, 0) is 86.3 Å². The Labute approximate surface area is 544 Å². The Bertz CT molecular complexity index is 2630. The minimum atomic E-state index is -1.62. The van der Waals surface area contributed by atoms with E-state index in [9.17, 15) is 86.9 Å². The SMILES string of the molecule is CN(C)CCN(CCC(=O)OC(C)(C)C)C(=O)CCC(=O)ON1C(=O)CCC1=O.C[NH+](C)CCN(CCC(=O)[O-])C(=O)CCC(=O)NC(CCC[NH+]=C(N)N)C(=O)NCC(=O)N[C@@H](CC(=O)[O-])C(N)=O.N=C(N)CCCCC(N)C(=O)CCC(=O)N[C@@H](CC(=O)O)C(N)=O. The van der Waals surface area contributed by atoms with Crippen LogP contribution in [0, 0.1) is 5.41 Å². The largest absolute Gasteiger partial charge is 0.550 e. The third kappa shape index (κ3) is 44.9. The van der Waals surface area contributed by atoms with Gasteiger partial charge in [-0.3, -0.25) is 84.2 Å². The summed E-state index contributed by atoms with van der Waals surface area (Å²) in [6.45, 7) is 6.77. The number of esters is 1. The third-order valence-corrected chi connectivity index (χ3v) is 12.7. The maximum absolute atomic E-state index is 12.7. The number of Topliss-reactive ketones (excluding diaryl/α,β-unsaturated/α-hetero) is 1. The molecule has 0 aromatic rings. The van der Waals surface area contributed by atoms with Crippen LogP contribution in [0.1, 0.15) is 136 Å². The van der Waals surface area contributed by atoms with Crippen LogP contribution in [0.2, 0.25) is 0 Å². The Hall–Kier alpha value is -9.46. The van der Waals surface area contributed by atoms with Gasteiger partial charge in [-0.2, -0.15) is 0 Å². The number of ether oxygens (including phenoxy) is 1. The molecule has 1 fully saturated rings. The quantitative estimate of drug-likeness (QED) is 0.00885. The average Bonchev–Trinajstić information content (AvgIpc) is 1.82. The van der Waals surface area contributed by atoms with Gasteiger partial charge >= 0.3 is 23.9 Å². The van der Waals surface area contributed by atoms with Gasteiger partial charge in [-0.15, -0.1) is 5.06 Å². The fourth-order valence-corrected chi connectivity index (χ4v) is 7.72. The summed E-state index contributed by atoms with van der Waals surface area (Å²) in [6, 6.07) is -4.72. The average molecular weight is 1340 g/mol. The number of rotatable bonds is 44. The van der Waals surface area contributed by atoms with Crippen LogP contribution >= 0.6 is 0 Å². The molecule has 1 heterocycles. The van der Waals surface area contributed by atoms with Gasteiger partial charge in [-0.1, -0.05) is 6.42 Å². The lowest BCUT2D eigenvalue weighted by molar-refractivity contribution is -0.857. The molecule has 94 heavy (non-hydrogen) atoms. The van der Waals surface area contributed by atoms with Crippen molar-refractivity contribution < 1.29 is 111 Å². The highest BCUT2D eigenvalue weighted by Crippen LogP contribution is 2.14. The van der Waals surface area contributed by atoms with Gasteiger partial charge < -0.3 is 98.3 Å². The maximum atomic E-state index is 12.7. The van der Waals surface area contributed by atoms with Crippen molar-refractivity contribution in [3.05, 3.63) is 0 Å². The lowest BCUT2D eigenvalue weighted by Gasteiger charge is -2.25. The van der Waals surface area contributed by atoms with Crippen LogP contribution in [0.5, 0.6) is 0 Å². The molecule has 1 rings (SSSR count). The number of hydrogen-bond donors (Lipinski definition) is 14. The fourth-order valence-electron chi connectivity index (χ4n) is 7.72. The number of primary amides is 2. The molecule has 38 nitrogen and oxygen atoms in total. The highest BCUT2D eigenvalue weighted by atomic mass is 16.7. The molecule has 0 radical (unpaired) electrons. The highest BCUT2D eigenvalue weighted by Gasteiger charge is 2.33. The number of hydroxylamine groups is 2. The van der Waals surface area contributed by atoms with Crippen LogP contribution in [0.4, 0.5) is 0 Å². The number of carboxylic acids is 3. The van der Waals surface area contributed by atoms with Crippen molar-refractivity contribution in [3.8, 4) is 0 Å². The van der Waals surface area contributed by atoms with E-state index >= 15 is 0 Å². The van der Waals surface area contributed by atoms with Crippen LogP contribution in [0.25, 0.3) is 0 Å². The predicted molar refractivity (Wildman–Crippen MR) is 325 cm³/mol. The molecule has 38 heteroatoms. The second-order valence-electron chi connectivity index (χ2n) is 23.0. The number of carboxylic acid groups (broad SMARTS) is 3. The Morgan fingerprint density at radius 2 is 1.16 bits per heavy atom. The summed E-state index contributed by atoms with van der Waals surface area (Å²) >= 11 is 0. The van der Waals surface area contributed by atoms with Gasteiger partial charge in [-0.25, -0.2) is 4.79 Å². The van der Waals surface area contributed by atoms with E-state index in [0.29, 0.717) is 56.8 Å². The van der Waals surface area contributed by atoms with Crippen LogP contribution in [0.15, 0.2) is 0 Å². The van der Waals surface area contributed by atoms with Crippen molar-refractivity contribution in [1.29, 1.82) is 5.41 Å². The van der Waals surface area contributed by atoms with Gasteiger partial charge in [0.05, 0.1) is 71.4 Å². The number of carbonyl (C=O) groups is 16. The minimum absolute atomic E-state index is 0.00796. The van der Waals surface area contributed by atoms with E-state index in [4.69, 9.17) is 54.5 Å². The molecule has 20 N–H and O–H groups in total. The smallest absolute Gasteiger partial charge is 0.338 e. The summed E-state index contributed by atoms with van der Waals surface area (Å²) < 4.78 is 5.26. The van der Waals surface area contributed by atoms with Crippen molar-refractivity contribution in [2.24, 2.45) is 34.4 Å². The number of amides is 10. The second kappa shape index (κ2) is 46.6. The minimum Gasteiger partial charge on any atom is -0.550 e. The maximum Gasteiger partial charge on any atom is 0.338 e. The molecule has 1 aliphatic rings. The molecule has 1 saturated heterocycles. The molecule has 0 aromatic carbocycles. The first-order valence-electron chi connectivity index (χ1n) is 30.0. The van der Waals surface area contributed by atoms with Crippen molar-refractivity contribution in [3.63, 3.8) is 0 Å². The van der Waals surface area contributed by atoms with Gasteiger partial charge in [0, 0.05) is 102 Å². The summed E-state index contributed by atoms with van der Waals surface area (Å²) in [4.78, 5) is 200. The topological polar surface area (TPSA) is 617 Å². The van der Waals surface area contributed by atoms with Gasteiger partial charge in [0.1, 0.15) is 29.5 Å². The Morgan fingerprint density at radius 3 is 1.66 bits per heavy atom. The first kappa shape index (κ1) is 86.6. The number of nitrogens with zero attached hydrogens (tertiary/aromatic N) is 4. The molecule has 0 aromatic heterocycles. The van der Waals surface area contributed by atoms with Gasteiger partial charge in [0.15, 0.2) is 0 Å². The Kier molecular flexibility index (Phi) is 42.9. The first-order valence-corrected chi connectivity index (χ1v) is 30.0. The highest BCUT2D eigenvalue weighted by molar-refractivity contribution is 6.02. The normalized spacial score (nSPS) is 12.9. The fraction of sp³-hybridized carbons (Fsp3) is 0.679. The van der Waals surface area contributed by atoms with Gasteiger partial charge in [-0.05, 0) is 60.5 Å². The molecule has 2 unspecified atom stereocenters. The molecule has 4 atom stereocenters. The second-order valence-corrected chi connectivity index (χ2v) is 23.0. The number of unbranched alkanes of at least 4 members (excludes halogenated alkanes) is 1. The zero-order valence-electron chi connectivity index (χ0n) is 54.6. The number of hydrogen-bond acceptors (Lipinski definition) is 23. The van der Waals surface area contributed by atoms with E-state index in [0.717, 1.165) is 4.90 Å². The van der Waals surface area contributed by atoms with Crippen LogP contribution in [-0.4, -0.2) is 242 Å². The number of quaternary nitrogens is 1. The summed E-state index contributed by atoms with van der Waals surface area (Å²) in [5, 5.41) is 46.7. The molecule has 0 spiro atoms. The van der Waals surface area contributed by atoms with Crippen molar-refractivity contribution in [2.75, 3.05) is 80.5 Å². The lowest BCUT2D eigenvalue weighted by Crippen LogP contribution is -3.06. The van der Waals surface area contributed by atoms with E-state index in [1.807, 2.05) is 33.1 Å². The summed E-state index contributed by atoms with van der Waals surface area (Å²) in [7, 11) is 7.45. The standard InChI is InChI=1S/C23H41N9O9.C19H31N3O7.C14H25N5O5/c1-31(2)10-11-32(9-7-19(36)37)18(35)6-5-16(33)29-14(4-3-8-27-23(25)26)22(41)28-13-17(34)30-15(21(24)40)12-20(38)39;1-19(2,3)28-17(26)10-11-21(13-12-20(4)5)14(23)8-9-18(27)29-22-15(24)6-7-16(22)25;15-8(3-1-2-4-11(16)17)10(20)5-6-12(21)19-9(14(18)24)7-13(22)23/h14-15H,3-13H2,1-2H3,(H2,24,40)(H,28,41)(H,29,33)(H,30,34)(H,36,37)(H,38,39)(H4,25,26,27);6-13H2,1-5H3;8-9H,1-7,15H2,(H3,16,17)(H2,18,24)(H,19,21)(H,22,23)/t14?,15-;;8?,9-/m0.0/s1. The number of nitrogens with two attached hydrogens (primary N) is 6. The van der Waals surface area contributed by atoms with Crippen molar-refractivity contribution in [2.45, 2.75) is 166 Å². The van der Waals surface area contributed by atoms with Gasteiger partial charge in [0.25, 0.3) is 11.8 Å². The molecule has 10 amide bonds. The first-order chi connectivity index (χ1) is 43.6. The zero-order chi connectivity index (χ0) is 72.4. The Morgan fingerprint density at radius 1 is 0.638 bits per heavy atom. The van der Waals surface area contributed by atoms with E-state index in [2.05, 4.69) is 26.3 Å². The summed E-state index contributed by atoms with van der Waals surface area (Å²) in [5.74, 6) is -12.7. The third-order valence-electron chi connectivity index (χ3n) is 12.7. The number of aliphatic carboxylic acids is 3.